The number of hydrogen-bond donors (Lipinski definition) is 5. The van der Waals surface area contributed by atoms with Crippen LogP contribution in [0.2, 0.25) is 0 Å². The number of nitrogens with one attached hydrogen (secondary N) is 3. The summed E-state index contributed by atoms with van der Waals surface area (Å²) < 4.78 is 40.5. The van der Waals surface area contributed by atoms with Crippen molar-refractivity contribution in [2.75, 3.05) is 48.9 Å². The number of ether oxygens (including phenoxy) is 2. The molecule has 0 unspecified atom stereocenters. The zero-order valence-electron chi connectivity index (χ0n) is 21.8. The van der Waals surface area contributed by atoms with Crippen molar-refractivity contribution in [2.45, 2.75) is 19.0 Å². The fourth-order valence-corrected chi connectivity index (χ4v) is 4.25. The van der Waals surface area contributed by atoms with Crippen molar-refractivity contribution in [2.24, 2.45) is 5.73 Å². The van der Waals surface area contributed by atoms with Crippen molar-refractivity contribution in [3.05, 3.63) is 65.4 Å². The maximum absolute atomic E-state index is 15.2. The number of primary amides is 1. The van der Waals surface area contributed by atoms with E-state index in [1.807, 2.05) is 0 Å². The molecule has 2 amide bonds. The van der Waals surface area contributed by atoms with Crippen molar-refractivity contribution >= 4 is 35.1 Å². The zero-order valence-corrected chi connectivity index (χ0v) is 21.8. The number of amides is 2. The molecule has 0 spiro atoms. The van der Waals surface area contributed by atoms with Gasteiger partial charge in [0.25, 0.3) is 5.91 Å². The molecule has 1 fully saturated rings. The van der Waals surface area contributed by atoms with Crippen molar-refractivity contribution in [1.29, 1.82) is 0 Å². The summed E-state index contributed by atoms with van der Waals surface area (Å²) in [7, 11) is 1.50. The molecule has 6 N–H and O–H groups in total. The molecule has 2 atom stereocenters. The summed E-state index contributed by atoms with van der Waals surface area (Å²) in [4.78, 5) is 33.6. The van der Waals surface area contributed by atoms with Gasteiger partial charge in [-0.25, -0.2) is 23.5 Å². The number of carbonyl (C=O) groups is 2. The van der Waals surface area contributed by atoms with E-state index in [-0.39, 0.29) is 28.7 Å². The first kappa shape index (κ1) is 28.3. The normalized spacial score (nSPS) is 14.7. The number of nitrogens with two attached hydrogens (primary N) is 1. The molecular formula is C26H29F2N7O5. The standard InChI is InChI=1S/C26H29F2N7O5/c1-14(31-26(37)38)21(15-3-5-17(39-2)6-4-15)33-24-19(27)12-18(22(29)36)23(34-24)32-16-11-20(28)25(30-13-16)35-7-9-40-10-8-35/h3-6,11-14,21,31H,7-10H2,1-2H3,(H2,29,36)(H,37,38)(H2,32,33,34)/t14-,21-/m0/s1. The van der Waals surface area contributed by atoms with Crippen LogP contribution in [0.15, 0.2) is 42.6 Å². The number of carbonyl (C=O) groups excluding carboxylic acids is 1. The fourth-order valence-electron chi connectivity index (χ4n) is 4.25. The lowest BCUT2D eigenvalue weighted by Gasteiger charge is -2.28. The summed E-state index contributed by atoms with van der Waals surface area (Å²) in [6.07, 6.45) is 0.0817. The van der Waals surface area contributed by atoms with Gasteiger partial charge in [-0.05, 0) is 30.7 Å². The maximum Gasteiger partial charge on any atom is 0.404 e. The second kappa shape index (κ2) is 12.4. The average Bonchev–Trinajstić information content (AvgIpc) is 2.93. The Labute approximate surface area is 228 Å². The highest BCUT2D eigenvalue weighted by atomic mass is 19.1. The summed E-state index contributed by atoms with van der Waals surface area (Å²) in [6.45, 7) is 3.48. The van der Waals surface area contributed by atoms with Crippen molar-refractivity contribution < 1.29 is 33.0 Å². The summed E-state index contributed by atoms with van der Waals surface area (Å²) in [5.74, 6) is -2.21. The van der Waals surface area contributed by atoms with Gasteiger partial charge in [0.05, 0.1) is 49.9 Å². The third-order valence-corrected chi connectivity index (χ3v) is 6.25. The second-order valence-electron chi connectivity index (χ2n) is 8.97. The molecule has 0 bridgehead atoms. The molecule has 14 heteroatoms. The molecule has 1 aromatic carbocycles. The van der Waals surface area contributed by atoms with Crippen molar-refractivity contribution in [3.8, 4) is 5.75 Å². The van der Waals surface area contributed by atoms with Crippen LogP contribution in [0.25, 0.3) is 0 Å². The lowest BCUT2D eigenvalue weighted by molar-refractivity contribution is 0.1000. The van der Waals surface area contributed by atoms with Gasteiger partial charge in [-0.15, -0.1) is 0 Å². The number of anilines is 4. The van der Waals surface area contributed by atoms with Crippen LogP contribution in [-0.4, -0.2) is 66.5 Å². The van der Waals surface area contributed by atoms with Crippen LogP contribution in [0.5, 0.6) is 5.75 Å². The van der Waals surface area contributed by atoms with Crippen LogP contribution in [0.1, 0.15) is 28.9 Å². The number of carboxylic acid groups (broad SMARTS) is 1. The minimum atomic E-state index is -1.28. The first-order valence-electron chi connectivity index (χ1n) is 12.3. The van der Waals surface area contributed by atoms with Gasteiger partial charge in [-0.1, -0.05) is 12.1 Å². The molecule has 0 radical (unpaired) electrons. The molecule has 1 aliphatic heterocycles. The second-order valence-corrected chi connectivity index (χ2v) is 8.97. The van der Waals surface area contributed by atoms with E-state index >= 15 is 4.39 Å². The van der Waals surface area contributed by atoms with Gasteiger partial charge in [-0.3, -0.25) is 4.79 Å². The molecule has 1 aliphatic rings. The third kappa shape index (κ3) is 6.64. The van der Waals surface area contributed by atoms with Crippen LogP contribution < -0.4 is 31.3 Å². The average molecular weight is 558 g/mol. The first-order valence-corrected chi connectivity index (χ1v) is 12.3. The zero-order chi connectivity index (χ0) is 28.8. The van der Waals surface area contributed by atoms with Crippen LogP contribution in [0.4, 0.5) is 36.7 Å². The van der Waals surface area contributed by atoms with Gasteiger partial charge in [-0.2, -0.15) is 0 Å². The van der Waals surface area contributed by atoms with Gasteiger partial charge in [0.1, 0.15) is 11.6 Å². The lowest BCUT2D eigenvalue weighted by Crippen LogP contribution is -2.39. The van der Waals surface area contributed by atoms with Crippen LogP contribution >= 0.6 is 0 Å². The summed E-state index contributed by atoms with van der Waals surface area (Å²) >= 11 is 0. The maximum atomic E-state index is 15.2. The monoisotopic (exact) mass is 557 g/mol. The van der Waals surface area contributed by atoms with E-state index in [9.17, 15) is 19.1 Å². The third-order valence-electron chi connectivity index (χ3n) is 6.25. The highest BCUT2D eigenvalue weighted by molar-refractivity contribution is 5.98. The minimum absolute atomic E-state index is 0.148. The Bertz CT molecular complexity index is 1370. The number of halogens is 2. The topological polar surface area (TPSA) is 164 Å². The minimum Gasteiger partial charge on any atom is -0.497 e. The molecule has 12 nitrogen and oxygen atoms in total. The van der Waals surface area contributed by atoms with Crippen molar-refractivity contribution in [3.63, 3.8) is 0 Å². The number of methoxy groups -OCH3 is 1. The molecule has 3 aromatic rings. The first-order chi connectivity index (χ1) is 19.2. The van der Waals surface area contributed by atoms with E-state index in [1.165, 1.54) is 19.4 Å². The Morgan fingerprint density at radius 3 is 2.42 bits per heavy atom. The fraction of sp³-hybridized carbons (Fsp3) is 0.308. The number of hydrogen-bond acceptors (Lipinski definition) is 9. The van der Waals surface area contributed by atoms with E-state index < -0.39 is 35.7 Å². The van der Waals surface area contributed by atoms with E-state index in [4.69, 9.17) is 15.2 Å². The molecule has 1 saturated heterocycles. The summed E-state index contributed by atoms with van der Waals surface area (Å²) in [5, 5.41) is 17.3. The molecule has 3 heterocycles. The summed E-state index contributed by atoms with van der Waals surface area (Å²) in [5.41, 5.74) is 5.93. The van der Waals surface area contributed by atoms with E-state index in [1.54, 1.807) is 36.1 Å². The predicted molar refractivity (Wildman–Crippen MR) is 143 cm³/mol. The predicted octanol–water partition coefficient (Wildman–Crippen LogP) is 3.25. The molecular weight excluding hydrogens is 528 g/mol. The molecule has 0 saturated carbocycles. The number of benzene rings is 1. The summed E-state index contributed by atoms with van der Waals surface area (Å²) in [6, 6.07) is 7.27. The van der Waals surface area contributed by atoms with E-state index in [0.717, 1.165) is 6.07 Å². The van der Waals surface area contributed by atoms with Crippen LogP contribution in [0, 0.1) is 11.6 Å². The van der Waals surface area contributed by atoms with Gasteiger partial charge in [0, 0.05) is 19.2 Å². The number of nitrogens with zero attached hydrogens (tertiary/aromatic N) is 3. The van der Waals surface area contributed by atoms with Crippen LogP contribution in [0.3, 0.4) is 0 Å². The number of aromatic nitrogens is 2. The molecule has 4 rings (SSSR count). The van der Waals surface area contributed by atoms with Gasteiger partial charge in [0.15, 0.2) is 23.3 Å². The van der Waals surface area contributed by atoms with Gasteiger partial charge < -0.3 is 41.2 Å². The largest absolute Gasteiger partial charge is 0.497 e. The van der Waals surface area contributed by atoms with E-state index in [2.05, 4.69) is 25.9 Å². The Morgan fingerprint density at radius 1 is 1.12 bits per heavy atom. The smallest absolute Gasteiger partial charge is 0.404 e. The molecule has 2 aromatic heterocycles. The SMILES string of the molecule is COc1ccc([C@@H](Nc2nc(Nc3cnc(N4CCOCC4)c(F)c3)c(C(N)=O)cc2F)[C@H](C)NC(=O)O)cc1. The molecule has 212 valence electrons. The lowest BCUT2D eigenvalue weighted by atomic mass is 10.00. The Morgan fingerprint density at radius 2 is 1.82 bits per heavy atom. The highest BCUT2D eigenvalue weighted by Crippen LogP contribution is 2.30. The van der Waals surface area contributed by atoms with Crippen LogP contribution in [-0.2, 0) is 4.74 Å². The molecule has 0 aliphatic carbocycles. The Hall–Kier alpha value is -4.72. The quantitative estimate of drug-likeness (QED) is 0.250. The Kier molecular flexibility index (Phi) is 8.79. The van der Waals surface area contributed by atoms with Crippen molar-refractivity contribution in [1.82, 2.24) is 15.3 Å². The van der Waals surface area contributed by atoms with Gasteiger partial charge in [0.2, 0.25) is 0 Å². The molecule has 40 heavy (non-hydrogen) atoms. The number of morpholine rings is 1. The number of pyridine rings is 2. The highest BCUT2D eigenvalue weighted by Gasteiger charge is 2.25. The van der Waals surface area contributed by atoms with E-state index in [0.29, 0.717) is 37.6 Å². The number of rotatable bonds is 10. The van der Waals surface area contributed by atoms with Gasteiger partial charge >= 0.3 is 6.09 Å². The Balaban J connectivity index is 1.66.